The molecule has 0 spiro atoms. The molecule has 2 aromatic carbocycles. The summed E-state index contributed by atoms with van der Waals surface area (Å²) in [5.74, 6) is 1.35. The zero-order valence-electron chi connectivity index (χ0n) is 14.7. The predicted octanol–water partition coefficient (Wildman–Crippen LogP) is 4.71. The largest absolute Gasteiger partial charge is 0.340 e. The Morgan fingerprint density at radius 2 is 1.59 bits per heavy atom. The van der Waals surface area contributed by atoms with E-state index in [-0.39, 0.29) is 5.78 Å². The fraction of sp³-hybridized carbons (Fsp3) is 0.0476. The number of nitrogens with zero attached hydrogens (tertiary/aromatic N) is 3. The lowest BCUT2D eigenvalue weighted by molar-refractivity contribution is 0.101. The maximum absolute atomic E-state index is 11.4. The number of pyridine rings is 1. The minimum Gasteiger partial charge on any atom is -0.340 e. The van der Waals surface area contributed by atoms with Gasteiger partial charge in [0.05, 0.1) is 11.2 Å². The molecule has 132 valence electrons. The van der Waals surface area contributed by atoms with Crippen LogP contribution in [-0.4, -0.2) is 20.7 Å². The molecule has 0 saturated carbocycles. The van der Waals surface area contributed by atoms with Crippen LogP contribution in [0.3, 0.4) is 0 Å². The van der Waals surface area contributed by atoms with Crippen molar-refractivity contribution >= 4 is 39.7 Å². The molecule has 0 aliphatic rings. The van der Waals surface area contributed by atoms with Crippen molar-refractivity contribution in [2.24, 2.45) is 0 Å². The molecule has 0 aliphatic carbocycles. The average molecular weight is 355 g/mol. The van der Waals surface area contributed by atoms with Crippen LogP contribution in [0.4, 0.5) is 23.0 Å². The van der Waals surface area contributed by atoms with Crippen LogP contribution < -0.4 is 10.6 Å². The van der Waals surface area contributed by atoms with Crippen LogP contribution in [0.2, 0.25) is 0 Å². The highest BCUT2D eigenvalue weighted by Gasteiger charge is 2.05. The number of carbonyl (C=O) groups is 1. The summed E-state index contributed by atoms with van der Waals surface area (Å²) in [4.78, 5) is 24.4. The number of rotatable bonds is 5. The summed E-state index contributed by atoms with van der Waals surface area (Å²) in [6.07, 6.45) is 3.26. The Hall–Kier alpha value is -3.80. The van der Waals surface area contributed by atoms with Gasteiger partial charge in [-0.2, -0.15) is 0 Å². The van der Waals surface area contributed by atoms with Gasteiger partial charge in [-0.3, -0.25) is 9.78 Å². The fourth-order valence-corrected chi connectivity index (χ4v) is 2.77. The molecule has 4 rings (SSSR count). The first kappa shape index (κ1) is 16.7. The molecule has 0 amide bonds. The lowest BCUT2D eigenvalue weighted by Crippen LogP contribution is -1.99. The second-order valence-electron chi connectivity index (χ2n) is 6.05. The second-order valence-corrected chi connectivity index (χ2v) is 6.05. The van der Waals surface area contributed by atoms with Crippen LogP contribution in [0.15, 0.2) is 73.2 Å². The van der Waals surface area contributed by atoms with E-state index in [1.54, 1.807) is 25.3 Å². The molecule has 0 saturated heterocycles. The van der Waals surface area contributed by atoms with Gasteiger partial charge in [-0.25, -0.2) is 9.97 Å². The van der Waals surface area contributed by atoms with Gasteiger partial charge in [0.25, 0.3) is 0 Å². The van der Waals surface area contributed by atoms with Crippen LogP contribution in [0.5, 0.6) is 0 Å². The van der Waals surface area contributed by atoms with Gasteiger partial charge in [0, 0.05) is 28.9 Å². The summed E-state index contributed by atoms with van der Waals surface area (Å²) in [5, 5.41) is 7.57. The van der Waals surface area contributed by atoms with Gasteiger partial charge in [-0.05, 0) is 43.3 Å². The number of benzene rings is 2. The Labute approximate surface area is 156 Å². The molecule has 6 nitrogen and oxygen atoms in total. The molecule has 0 unspecified atom stereocenters. The molecule has 2 N–H and O–H groups in total. The van der Waals surface area contributed by atoms with E-state index < -0.39 is 0 Å². The maximum Gasteiger partial charge on any atom is 0.159 e. The van der Waals surface area contributed by atoms with Crippen molar-refractivity contribution in [1.29, 1.82) is 0 Å². The van der Waals surface area contributed by atoms with E-state index in [2.05, 4.69) is 25.6 Å². The predicted molar refractivity (Wildman–Crippen MR) is 107 cm³/mol. The van der Waals surface area contributed by atoms with Crippen molar-refractivity contribution in [3.63, 3.8) is 0 Å². The van der Waals surface area contributed by atoms with Gasteiger partial charge < -0.3 is 10.6 Å². The van der Waals surface area contributed by atoms with E-state index in [4.69, 9.17) is 0 Å². The number of anilines is 4. The molecule has 0 bridgehead atoms. The molecule has 2 heterocycles. The quantitative estimate of drug-likeness (QED) is 0.505. The summed E-state index contributed by atoms with van der Waals surface area (Å²) in [6, 6.07) is 19.0. The summed E-state index contributed by atoms with van der Waals surface area (Å²) in [5.41, 5.74) is 3.28. The van der Waals surface area contributed by atoms with Crippen LogP contribution in [0.1, 0.15) is 17.3 Å². The molecule has 0 atom stereocenters. The van der Waals surface area contributed by atoms with E-state index in [9.17, 15) is 4.79 Å². The van der Waals surface area contributed by atoms with Crippen molar-refractivity contribution in [1.82, 2.24) is 15.0 Å². The average Bonchev–Trinajstić information content (AvgIpc) is 2.69. The molecule has 27 heavy (non-hydrogen) atoms. The minimum absolute atomic E-state index is 0.0405. The summed E-state index contributed by atoms with van der Waals surface area (Å²) in [7, 11) is 0. The third kappa shape index (κ3) is 3.74. The smallest absolute Gasteiger partial charge is 0.159 e. The number of aromatic nitrogens is 3. The topological polar surface area (TPSA) is 79.8 Å². The van der Waals surface area contributed by atoms with Crippen LogP contribution in [-0.2, 0) is 0 Å². The van der Waals surface area contributed by atoms with E-state index in [0.29, 0.717) is 17.2 Å². The number of hydrogen-bond acceptors (Lipinski definition) is 6. The standard InChI is InChI=1S/C21H17N5O/c1-14(27)15-7-9-17(10-8-15)25-19-12-20(24-13-23-19)26-18-6-2-4-16-5-3-11-22-21(16)18/h2-13H,1H3,(H2,23,24,25,26). The highest BCUT2D eigenvalue weighted by Crippen LogP contribution is 2.25. The molecule has 0 aliphatic heterocycles. The lowest BCUT2D eigenvalue weighted by Gasteiger charge is -2.10. The lowest BCUT2D eigenvalue weighted by atomic mass is 10.1. The molecule has 6 heteroatoms. The van der Waals surface area contributed by atoms with E-state index in [1.807, 2.05) is 48.5 Å². The van der Waals surface area contributed by atoms with Gasteiger partial charge in [-0.1, -0.05) is 18.2 Å². The van der Waals surface area contributed by atoms with Crippen LogP contribution in [0.25, 0.3) is 10.9 Å². The van der Waals surface area contributed by atoms with Gasteiger partial charge >= 0.3 is 0 Å². The van der Waals surface area contributed by atoms with Gasteiger partial charge in [0.1, 0.15) is 18.0 Å². The SMILES string of the molecule is CC(=O)c1ccc(Nc2cc(Nc3cccc4cccnc34)ncn2)cc1. The number of para-hydroxylation sites is 1. The molecule has 0 radical (unpaired) electrons. The number of hydrogen-bond donors (Lipinski definition) is 2. The maximum atomic E-state index is 11.4. The number of carbonyl (C=O) groups excluding carboxylic acids is 1. The number of nitrogens with one attached hydrogen (secondary N) is 2. The second kappa shape index (κ2) is 7.21. The Kier molecular flexibility index (Phi) is 4.45. The third-order valence-corrected chi connectivity index (χ3v) is 4.13. The third-order valence-electron chi connectivity index (χ3n) is 4.13. The Balaban J connectivity index is 1.56. The van der Waals surface area contributed by atoms with Crippen molar-refractivity contribution in [2.45, 2.75) is 6.92 Å². The van der Waals surface area contributed by atoms with E-state index >= 15 is 0 Å². The Morgan fingerprint density at radius 3 is 2.37 bits per heavy atom. The molecule has 0 fully saturated rings. The number of ketones is 1. The van der Waals surface area contributed by atoms with E-state index in [1.165, 1.54) is 6.33 Å². The first-order valence-electron chi connectivity index (χ1n) is 8.50. The van der Waals surface area contributed by atoms with Gasteiger partial charge in [-0.15, -0.1) is 0 Å². The number of fused-ring (bicyclic) bond motifs is 1. The molecule has 4 aromatic rings. The summed E-state index contributed by atoms with van der Waals surface area (Å²) >= 11 is 0. The number of Topliss-reactive ketones (excluding diaryl/α,β-unsaturated/α-hetero) is 1. The van der Waals surface area contributed by atoms with E-state index in [0.717, 1.165) is 22.3 Å². The molecule has 2 aromatic heterocycles. The Morgan fingerprint density at radius 1 is 0.852 bits per heavy atom. The highest BCUT2D eigenvalue weighted by atomic mass is 16.1. The van der Waals surface area contributed by atoms with Gasteiger partial charge in [0.2, 0.25) is 0 Å². The van der Waals surface area contributed by atoms with Crippen molar-refractivity contribution in [3.05, 3.63) is 78.8 Å². The van der Waals surface area contributed by atoms with Crippen molar-refractivity contribution in [2.75, 3.05) is 10.6 Å². The molecular formula is C21H17N5O. The van der Waals surface area contributed by atoms with Crippen molar-refractivity contribution in [3.8, 4) is 0 Å². The first-order valence-corrected chi connectivity index (χ1v) is 8.50. The first-order chi connectivity index (χ1) is 13.2. The zero-order valence-corrected chi connectivity index (χ0v) is 14.7. The summed E-state index contributed by atoms with van der Waals surface area (Å²) < 4.78 is 0. The van der Waals surface area contributed by atoms with Gasteiger partial charge in [0.15, 0.2) is 5.78 Å². The minimum atomic E-state index is 0.0405. The molecular weight excluding hydrogens is 338 g/mol. The van der Waals surface area contributed by atoms with Crippen molar-refractivity contribution < 1.29 is 4.79 Å². The van der Waals surface area contributed by atoms with Crippen LogP contribution in [0, 0.1) is 0 Å². The summed E-state index contributed by atoms with van der Waals surface area (Å²) in [6.45, 7) is 1.55. The normalized spacial score (nSPS) is 10.6. The van der Waals surface area contributed by atoms with Crippen LogP contribution >= 0.6 is 0 Å². The fourth-order valence-electron chi connectivity index (χ4n) is 2.77. The zero-order chi connectivity index (χ0) is 18.6. The highest BCUT2D eigenvalue weighted by molar-refractivity contribution is 5.94. The monoisotopic (exact) mass is 355 g/mol. The Bertz CT molecular complexity index is 1100.